The van der Waals surface area contributed by atoms with Crippen LogP contribution in [0.15, 0.2) is 18.2 Å². The first-order chi connectivity index (χ1) is 9.61. The first-order valence-corrected chi connectivity index (χ1v) is 7.77. The molecule has 1 amide bonds. The average molecular weight is 274 g/mol. The molecule has 2 unspecified atom stereocenters. The number of amides is 1. The Labute approximate surface area is 122 Å². The third-order valence-electron chi connectivity index (χ3n) is 4.38. The molecule has 1 aliphatic carbocycles. The first kappa shape index (κ1) is 14.9. The second-order valence-electron chi connectivity index (χ2n) is 5.89. The summed E-state index contributed by atoms with van der Waals surface area (Å²) in [4.78, 5) is 11.6. The maximum atomic E-state index is 11.6. The van der Waals surface area contributed by atoms with Crippen LogP contribution < -0.4 is 10.6 Å². The number of carbonyl (C=O) groups is 1. The highest BCUT2D eigenvalue weighted by atomic mass is 16.1. The SMILES string of the molecule is CCC(=O)Nc1cccc(NC2CCCCC2C)c1C. The van der Waals surface area contributed by atoms with Gasteiger partial charge in [0.25, 0.3) is 0 Å². The van der Waals surface area contributed by atoms with E-state index in [9.17, 15) is 4.79 Å². The molecule has 0 radical (unpaired) electrons. The van der Waals surface area contributed by atoms with Crippen molar-refractivity contribution < 1.29 is 4.79 Å². The summed E-state index contributed by atoms with van der Waals surface area (Å²) in [5.41, 5.74) is 3.20. The topological polar surface area (TPSA) is 41.1 Å². The maximum absolute atomic E-state index is 11.6. The van der Waals surface area contributed by atoms with Crippen LogP contribution in [0.25, 0.3) is 0 Å². The van der Waals surface area contributed by atoms with E-state index in [2.05, 4.69) is 30.5 Å². The number of hydrogen-bond donors (Lipinski definition) is 2. The van der Waals surface area contributed by atoms with Gasteiger partial charge in [-0.1, -0.05) is 32.8 Å². The summed E-state index contributed by atoms with van der Waals surface area (Å²) >= 11 is 0. The second kappa shape index (κ2) is 6.78. The van der Waals surface area contributed by atoms with Crippen molar-refractivity contribution in [1.29, 1.82) is 0 Å². The van der Waals surface area contributed by atoms with E-state index in [4.69, 9.17) is 0 Å². The van der Waals surface area contributed by atoms with E-state index in [0.717, 1.165) is 22.9 Å². The lowest BCUT2D eigenvalue weighted by Crippen LogP contribution is -2.30. The molecular weight excluding hydrogens is 248 g/mol. The van der Waals surface area contributed by atoms with Gasteiger partial charge in [0.1, 0.15) is 0 Å². The summed E-state index contributed by atoms with van der Waals surface area (Å²) in [5.74, 6) is 0.785. The molecule has 0 bridgehead atoms. The molecule has 2 rings (SSSR count). The van der Waals surface area contributed by atoms with Crippen LogP contribution in [0, 0.1) is 12.8 Å². The van der Waals surface area contributed by atoms with Crippen LogP contribution in [0.1, 0.15) is 51.5 Å². The van der Waals surface area contributed by atoms with Crippen LogP contribution in [0.4, 0.5) is 11.4 Å². The third-order valence-corrected chi connectivity index (χ3v) is 4.38. The lowest BCUT2D eigenvalue weighted by atomic mass is 9.85. The van der Waals surface area contributed by atoms with Gasteiger partial charge in [0.2, 0.25) is 5.91 Å². The predicted octanol–water partition coefficient (Wildman–Crippen LogP) is 4.33. The highest BCUT2D eigenvalue weighted by molar-refractivity contribution is 5.92. The molecule has 0 aromatic heterocycles. The minimum absolute atomic E-state index is 0.0660. The molecule has 0 spiro atoms. The zero-order valence-electron chi connectivity index (χ0n) is 12.8. The molecule has 1 fully saturated rings. The normalized spacial score (nSPS) is 22.4. The minimum Gasteiger partial charge on any atom is -0.382 e. The Morgan fingerprint density at radius 1 is 1.25 bits per heavy atom. The molecular formula is C17H26N2O. The molecule has 0 saturated heterocycles. The van der Waals surface area contributed by atoms with E-state index in [0.29, 0.717) is 12.5 Å². The Balaban J connectivity index is 2.11. The zero-order chi connectivity index (χ0) is 14.5. The van der Waals surface area contributed by atoms with Gasteiger partial charge in [0, 0.05) is 23.8 Å². The molecule has 110 valence electrons. The number of carbonyl (C=O) groups excluding carboxylic acids is 1. The van der Waals surface area contributed by atoms with Crippen molar-refractivity contribution in [2.24, 2.45) is 5.92 Å². The molecule has 20 heavy (non-hydrogen) atoms. The Hall–Kier alpha value is -1.51. The van der Waals surface area contributed by atoms with Crippen LogP contribution in [0.5, 0.6) is 0 Å². The maximum Gasteiger partial charge on any atom is 0.224 e. The lowest BCUT2D eigenvalue weighted by molar-refractivity contribution is -0.115. The highest BCUT2D eigenvalue weighted by Gasteiger charge is 2.21. The van der Waals surface area contributed by atoms with E-state index in [1.54, 1.807) is 0 Å². The number of rotatable bonds is 4. The smallest absolute Gasteiger partial charge is 0.224 e. The summed E-state index contributed by atoms with van der Waals surface area (Å²) < 4.78 is 0. The van der Waals surface area contributed by atoms with E-state index in [1.165, 1.54) is 25.7 Å². The van der Waals surface area contributed by atoms with Gasteiger partial charge in [-0.25, -0.2) is 0 Å². The van der Waals surface area contributed by atoms with Gasteiger partial charge < -0.3 is 10.6 Å². The lowest BCUT2D eigenvalue weighted by Gasteiger charge is -2.31. The van der Waals surface area contributed by atoms with Gasteiger partial charge in [-0.15, -0.1) is 0 Å². The largest absolute Gasteiger partial charge is 0.382 e. The molecule has 1 saturated carbocycles. The Morgan fingerprint density at radius 3 is 2.65 bits per heavy atom. The number of nitrogens with one attached hydrogen (secondary N) is 2. The monoisotopic (exact) mass is 274 g/mol. The van der Waals surface area contributed by atoms with Crippen molar-refractivity contribution in [3.05, 3.63) is 23.8 Å². The molecule has 2 N–H and O–H groups in total. The summed E-state index contributed by atoms with van der Waals surface area (Å²) in [7, 11) is 0. The third kappa shape index (κ3) is 3.53. The van der Waals surface area contributed by atoms with Crippen molar-refractivity contribution in [3.8, 4) is 0 Å². The van der Waals surface area contributed by atoms with Crippen molar-refractivity contribution >= 4 is 17.3 Å². The summed E-state index contributed by atoms with van der Waals surface area (Å²) in [6.07, 6.45) is 5.73. The average Bonchev–Trinajstić information content (AvgIpc) is 2.45. The molecule has 3 heteroatoms. The van der Waals surface area contributed by atoms with Crippen molar-refractivity contribution in [1.82, 2.24) is 0 Å². The minimum atomic E-state index is 0.0660. The second-order valence-corrected chi connectivity index (χ2v) is 5.89. The fourth-order valence-electron chi connectivity index (χ4n) is 2.90. The van der Waals surface area contributed by atoms with Crippen molar-refractivity contribution in [2.45, 2.75) is 58.9 Å². The van der Waals surface area contributed by atoms with Crippen LogP contribution >= 0.6 is 0 Å². The fourth-order valence-corrected chi connectivity index (χ4v) is 2.90. The van der Waals surface area contributed by atoms with Gasteiger partial charge >= 0.3 is 0 Å². The molecule has 1 aromatic carbocycles. The highest BCUT2D eigenvalue weighted by Crippen LogP contribution is 2.30. The fraction of sp³-hybridized carbons (Fsp3) is 0.588. The van der Waals surface area contributed by atoms with Crippen LogP contribution in [0.2, 0.25) is 0 Å². The summed E-state index contributed by atoms with van der Waals surface area (Å²) in [5, 5.41) is 6.65. The molecule has 2 atom stereocenters. The van der Waals surface area contributed by atoms with Crippen molar-refractivity contribution in [2.75, 3.05) is 10.6 Å². The summed E-state index contributed by atoms with van der Waals surface area (Å²) in [6.45, 7) is 6.27. The van der Waals surface area contributed by atoms with Gasteiger partial charge in [-0.05, 0) is 43.4 Å². The number of hydrogen-bond acceptors (Lipinski definition) is 2. The molecule has 1 aliphatic rings. The van der Waals surface area contributed by atoms with Gasteiger partial charge in [0.05, 0.1) is 0 Å². The van der Waals surface area contributed by atoms with Crippen molar-refractivity contribution in [3.63, 3.8) is 0 Å². The Kier molecular flexibility index (Phi) is 5.05. The first-order valence-electron chi connectivity index (χ1n) is 7.77. The number of anilines is 2. The van der Waals surface area contributed by atoms with Gasteiger partial charge in [-0.3, -0.25) is 4.79 Å². The van der Waals surface area contributed by atoms with Crippen LogP contribution in [-0.2, 0) is 4.79 Å². The predicted molar refractivity (Wildman–Crippen MR) is 85.1 cm³/mol. The van der Waals surface area contributed by atoms with Gasteiger partial charge in [-0.2, -0.15) is 0 Å². The molecule has 3 nitrogen and oxygen atoms in total. The number of benzene rings is 1. The Morgan fingerprint density at radius 2 is 1.95 bits per heavy atom. The van der Waals surface area contributed by atoms with E-state index >= 15 is 0 Å². The standard InChI is InChI=1S/C17H26N2O/c1-4-17(20)19-16-11-7-10-15(13(16)3)18-14-9-6-5-8-12(14)2/h7,10-12,14,18H,4-6,8-9H2,1-3H3,(H,19,20). The van der Waals surface area contributed by atoms with E-state index < -0.39 is 0 Å². The molecule has 1 aromatic rings. The van der Waals surface area contributed by atoms with Crippen LogP contribution in [-0.4, -0.2) is 11.9 Å². The Bertz CT molecular complexity index is 470. The summed E-state index contributed by atoms with van der Waals surface area (Å²) in [6, 6.07) is 6.64. The van der Waals surface area contributed by atoms with Crippen LogP contribution in [0.3, 0.4) is 0 Å². The quantitative estimate of drug-likeness (QED) is 0.857. The zero-order valence-corrected chi connectivity index (χ0v) is 12.8. The van der Waals surface area contributed by atoms with E-state index in [1.807, 2.05) is 19.1 Å². The van der Waals surface area contributed by atoms with E-state index in [-0.39, 0.29) is 5.91 Å². The van der Waals surface area contributed by atoms with Gasteiger partial charge in [0.15, 0.2) is 0 Å². The molecule has 0 aliphatic heterocycles. The molecule has 0 heterocycles.